The summed E-state index contributed by atoms with van der Waals surface area (Å²) in [5.74, 6) is -10.0. The topological polar surface area (TPSA) is 107 Å². The molecule has 1 aliphatic rings. The summed E-state index contributed by atoms with van der Waals surface area (Å²) in [6, 6.07) is 2.53. The van der Waals surface area contributed by atoms with Gasteiger partial charge in [0, 0.05) is 0 Å². The van der Waals surface area contributed by atoms with E-state index >= 15 is 0 Å². The molecule has 192 valence electrons. The molecule has 1 fully saturated rings. The third-order valence-electron chi connectivity index (χ3n) is 5.59. The van der Waals surface area contributed by atoms with Crippen molar-refractivity contribution >= 4 is 56.5 Å². The first kappa shape index (κ1) is 30.1. The minimum atomic E-state index is -6.49. The maximum atomic E-state index is 13.5. The highest BCUT2D eigenvalue weighted by Gasteiger charge is 2.76. The van der Waals surface area contributed by atoms with E-state index in [9.17, 15) is 44.3 Å². The molecular formula is C19H17B3F6O7S. The van der Waals surface area contributed by atoms with Crippen LogP contribution in [0, 0.1) is 11.8 Å². The Kier molecular flexibility index (Phi) is 8.92. The Morgan fingerprint density at radius 2 is 1.47 bits per heavy atom. The summed E-state index contributed by atoms with van der Waals surface area (Å²) in [4.78, 5) is 25.5. The molecule has 6 radical (unpaired) electrons. The van der Waals surface area contributed by atoms with Crippen molar-refractivity contribution in [3.05, 3.63) is 17.7 Å². The monoisotopic (exact) mass is 536 g/mol. The van der Waals surface area contributed by atoms with Crippen LogP contribution in [0.5, 0.6) is 5.75 Å². The zero-order valence-corrected chi connectivity index (χ0v) is 19.2. The van der Waals surface area contributed by atoms with Crippen molar-refractivity contribution in [1.82, 2.24) is 0 Å². The number of ether oxygens (including phenoxy) is 2. The van der Waals surface area contributed by atoms with Crippen LogP contribution in [0.15, 0.2) is 12.1 Å². The predicted molar refractivity (Wildman–Crippen MR) is 115 cm³/mol. The zero-order chi connectivity index (χ0) is 27.7. The standard InChI is InChI=1S/C19H17B3F6O7S/c20-7-9-5-10(21)6-13(22)14(9)34-15(29)11-3-1-2-4-12(11)16(30)35-17(18(23,24)25,19(26,27)28)8-36(31,32)33/h5-6,11-12H,1-4,7-8H2,(H,31,32,33). The third kappa shape index (κ3) is 6.58. The molecule has 2 unspecified atom stereocenters. The second kappa shape index (κ2) is 10.7. The van der Waals surface area contributed by atoms with Crippen molar-refractivity contribution < 1.29 is 58.4 Å². The number of esters is 2. The van der Waals surface area contributed by atoms with Gasteiger partial charge in [0.15, 0.2) is 0 Å². The molecule has 0 saturated heterocycles. The van der Waals surface area contributed by atoms with Crippen molar-refractivity contribution in [3.63, 3.8) is 0 Å². The number of carbonyl (C=O) groups excluding carboxylic acids is 2. The van der Waals surface area contributed by atoms with Crippen molar-refractivity contribution in [2.75, 3.05) is 5.75 Å². The molecule has 1 aromatic carbocycles. The summed E-state index contributed by atoms with van der Waals surface area (Å²) in [6.45, 7) is 0. The van der Waals surface area contributed by atoms with Crippen LogP contribution in [-0.4, -0.2) is 72.2 Å². The molecule has 7 nitrogen and oxygen atoms in total. The van der Waals surface area contributed by atoms with Crippen molar-refractivity contribution in [2.45, 2.75) is 50.0 Å². The smallest absolute Gasteiger partial charge is 0.438 e. The van der Waals surface area contributed by atoms with E-state index in [2.05, 4.69) is 4.74 Å². The molecule has 1 N–H and O–H groups in total. The van der Waals surface area contributed by atoms with Gasteiger partial charge < -0.3 is 9.47 Å². The molecular weight excluding hydrogens is 519 g/mol. The van der Waals surface area contributed by atoms with Crippen molar-refractivity contribution in [3.8, 4) is 5.75 Å². The van der Waals surface area contributed by atoms with Crippen LogP contribution >= 0.6 is 0 Å². The van der Waals surface area contributed by atoms with E-state index in [-0.39, 0.29) is 54.2 Å². The van der Waals surface area contributed by atoms with Gasteiger partial charge in [0.1, 0.15) is 27.2 Å². The minimum Gasteiger partial charge on any atom is -0.438 e. The molecule has 2 atom stereocenters. The Labute approximate surface area is 206 Å². The van der Waals surface area contributed by atoms with Gasteiger partial charge in [0.25, 0.3) is 10.1 Å². The van der Waals surface area contributed by atoms with Crippen molar-refractivity contribution in [2.24, 2.45) is 11.8 Å². The van der Waals surface area contributed by atoms with Gasteiger partial charge in [-0.25, -0.2) is 0 Å². The lowest BCUT2D eigenvalue weighted by atomic mass is 9.78. The minimum absolute atomic E-state index is 0.130. The number of hydrogen-bond donors (Lipinski definition) is 1. The third-order valence-corrected chi connectivity index (χ3v) is 6.36. The number of halogens is 6. The number of hydrogen-bond acceptors (Lipinski definition) is 6. The van der Waals surface area contributed by atoms with Gasteiger partial charge in [-0.1, -0.05) is 42.2 Å². The van der Waals surface area contributed by atoms with Gasteiger partial charge in [-0.3, -0.25) is 14.1 Å². The molecule has 1 saturated carbocycles. The summed E-state index contributed by atoms with van der Waals surface area (Å²) in [5.41, 5.74) is -5.39. The van der Waals surface area contributed by atoms with Crippen LogP contribution in [0.2, 0.25) is 0 Å². The molecule has 0 aromatic heterocycles. The molecule has 17 heteroatoms. The molecule has 1 aliphatic carbocycles. The first-order valence-electron chi connectivity index (χ1n) is 10.2. The van der Waals surface area contributed by atoms with Crippen LogP contribution in [0.1, 0.15) is 31.2 Å². The fourth-order valence-corrected chi connectivity index (χ4v) is 4.76. The van der Waals surface area contributed by atoms with Crippen LogP contribution < -0.4 is 15.7 Å². The Balaban J connectivity index is 2.42. The number of alkyl halides is 6. The van der Waals surface area contributed by atoms with Crippen LogP contribution in [0.3, 0.4) is 0 Å². The summed E-state index contributed by atoms with van der Waals surface area (Å²) < 4.78 is 121. The Bertz CT molecular complexity index is 1090. The molecule has 0 heterocycles. The average Bonchev–Trinajstić information content (AvgIpc) is 2.72. The summed E-state index contributed by atoms with van der Waals surface area (Å²) >= 11 is 0. The number of carbonyl (C=O) groups is 2. The number of rotatable bonds is 7. The largest absolute Gasteiger partial charge is 0.438 e. The van der Waals surface area contributed by atoms with E-state index in [4.69, 9.17) is 32.8 Å². The van der Waals surface area contributed by atoms with Gasteiger partial charge in [-0.05, 0) is 18.4 Å². The summed E-state index contributed by atoms with van der Waals surface area (Å²) in [7, 11) is 11.0. The Morgan fingerprint density at radius 3 is 1.92 bits per heavy atom. The van der Waals surface area contributed by atoms with E-state index in [1.807, 2.05) is 0 Å². The van der Waals surface area contributed by atoms with E-state index in [0.717, 1.165) is 0 Å². The van der Waals surface area contributed by atoms with E-state index in [0.29, 0.717) is 0 Å². The maximum absolute atomic E-state index is 13.5. The molecule has 0 bridgehead atoms. The zero-order valence-electron chi connectivity index (χ0n) is 18.4. The lowest BCUT2D eigenvalue weighted by Crippen LogP contribution is -2.64. The van der Waals surface area contributed by atoms with Crippen LogP contribution in [0.4, 0.5) is 26.3 Å². The lowest BCUT2D eigenvalue weighted by molar-refractivity contribution is -0.362. The van der Waals surface area contributed by atoms with Gasteiger partial charge >= 0.3 is 29.9 Å². The van der Waals surface area contributed by atoms with Crippen LogP contribution in [-0.2, 0) is 30.8 Å². The van der Waals surface area contributed by atoms with E-state index in [1.54, 1.807) is 0 Å². The molecule has 0 amide bonds. The second-order valence-electron chi connectivity index (χ2n) is 8.19. The highest BCUT2D eigenvalue weighted by atomic mass is 32.2. The fraction of sp³-hybridized carbons (Fsp3) is 0.579. The Morgan fingerprint density at radius 1 is 0.972 bits per heavy atom. The molecule has 0 spiro atoms. The van der Waals surface area contributed by atoms with Gasteiger partial charge in [-0.15, -0.1) is 0 Å². The highest BCUT2D eigenvalue weighted by molar-refractivity contribution is 7.85. The van der Waals surface area contributed by atoms with Gasteiger partial charge in [0.2, 0.25) is 0 Å². The van der Waals surface area contributed by atoms with Crippen molar-refractivity contribution in [1.29, 1.82) is 0 Å². The molecule has 0 aliphatic heterocycles. The average molecular weight is 536 g/mol. The summed E-state index contributed by atoms with van der Waals surface area (Å²) in [5, 5.41) is 0. The highest BCUT2D eigenvalue weighted by Crippen LogP contribution is 2.48. The SMILES string of the molecule is [B]Cc1cc([B])cc([B])c1OC(=O)C1CCCCC1C(=O)OC(CS(=O)(=O)O)(C(F)(F)F)C(F)(F)F. The summed E-state index contributed by atoms with van der Waals surface area (Å²) in [6.07, 6.45) is -13.3. The van der Waals surface area contributed by atoms with E-state index < -0.39 is 57.6 Å². The maximum Gasteiger partial charge on any atom is 0.438 e. The van der Waals surface area contributed by atoms with E-state index in [1.165, 1.54) is 12.1 Å². The molecule has 2 rings (SSSR count). The van der Waals surface area contributed by atoms with Gasteiger partial charge in [-0.2, -0.15) is 34.8 Å². The lowest BCUT2D eigenvalue weighted by Gasteiger charge is -2.37. The fourth-order valence-electron chi connectivity index (χ4n) is 3.86. The number of benzene rings is 1. The first-order chi connectivity index (χ1) is 16.3. The predicted octanol–water partition coefficient (Wildman–Crippen LogP) is 0.949. The normalized spacial score (nSPS) is 19.5. The quantitative estimate of drug-likeness (QED) is 0.182. The van der Waals surface area contributed by atoms with Crippen LogP contribution in [0.25, 0.3) is 0 Å². The second-order valence-corrected chi connectivity index (χ2v) is 9.64. The Hall–Kier alpha value is -2.16. The first-order valence-corrected chi connectivity index (χ1v) is 11.8. The molecule has 36 heavy (non-hydrogen) atoms. The van der Waals surface area contributed by atoms with Gasteiger partial charge in [0.05, 0.1) is 19.7 Å². The molecule has 1 aromatic rings.